The van der Waals surface area contributed by atoms with Crippen LogP contribution >= 0.6 is 11.3 Å². The molecule has 0 aliphatic rings. The molecule has 0 saturated heterocycles. The first-order valence-corrected chi connectivity index (χ1v) is 7.32. The van der Waals surface area contributed by atoms with Gasteiger partial charge in [0.2, 0.25) is 0 Å². The summed E-state index contributed by atoms with van der Waals surface area (Å²) in [6.07, 6.45) is 3.12. The topological polar surface area (TPSA) is 39.2 Å². The van der Waals surface area contributed by atoms with Gasteiger partial charge in [-0.2, -0.15) is 0 Å². The maximum atomic E-state index is 11.1. The minimum atomic E-state index is -0.198. The van der Waals surface area contributed by atoms with Crippen LogP contribution in [0.25, 0.3) is 11.6 Å². The first-order valence-electron chi connectivity index (χ1n) is 6.44. The van der Waals surface area contributed by atoms with Crippen LogP contribution in [0, 0.1) is 0 Å². The van der Waals surface area contributed by atoms with E-state index in [-0.39, 0.29) is 5.97 Å². The molecular weight excluding hydrogens is 270 g/mol. The number of thiazole rings is 1. The summed E-state index contributed by atoms with van der Waals surface area (Å²) in [7, 11) is 1.40. The first-order chi connectivity index (χ1) is 9.69. The zero-order valence-corrected chi connectivity index (χ0v) is 12.4. The molecular formula is C16H17NO2S. The highest BCUT2D eigenvalue weighted by Gasteiger charge is 2.07. The molecule has 1 heterocycles. The van der Waals surface area contributed by atoms with E-state index in [9.17, 15) is 4.79 Å². The molecule has 0 atom stereocenters. The summed E-state index contributed by atoms with van der Waals surface area (Å²) < 4.78 is 4.63. The Morgan fingerprint density at radius 2 is 2.10 bits per heavy atom. The second kappa shape index (κ2) is 7.01. The smallest absolute Gasteiger partial charge is 0.305 e. The van der Waals surface area contributed by atoms with Crippen molar-refractivity contribution >= 4 is 29.0 Å². The molecule has 0 radical (unpaired) electrons. The predicted molar refractivity (Wildman–Crippen MR) is 82.4 cm³/mol. The Morgan fingerprint density at radius 3 is 2.80 bits per heavy atom. The number of aryl methyl sites for hydroxylation is 1. The second-order valence-electron chi connectivity index (χ2n) is 4.46. The molecule has 0 aliphatic carbocycles. The molecule has 0 saturated carbocycles. The molecule has 20 heavy (non-hydrogen) atoms. The summed E-state index contributed by atoms with van der Waals surface area (Å²) in [6, 6.07) is 10.2. The van der Waals surface area contributed by atoms with Crippen molar-refractivity contribution in [3.8, 4) is 0 Å². The fourth-order valence-corrected chi connectivity index (χ4v) is 2.63. The van der Waals surface area contributed by atoms with E-state index in [2.05, 4.69) is 34.9 Å². The van der Waals surface area contributed by atoms with E-state index in [1.807, 2.05) is 23.6 Å². The minimum Gasteiger partial charge on any atom is -0.469 e. The van der Waals surface area contributed by atoms with Crippen LogP contribution in [-0.2, 0) is 16.0 Å². The molecule has 1 aromatic heterocycles. The fourth-order valence-electron chi connectivity index (χ4n) is 1.80. The standard InChI is InChI=1S/C16H17NO2S/c1-12(10-13-6-4-3-5-7-13)16-17-14(11-20-16)8-9-15(18)19-2/h3-7,10-11H,8-9H2,1-2H3/b12-10+. The first kappa shape index (κ1) is 14.5. The van der Waals surface area contributed by atoms with E-state index >= 15 is 0 Å². The summed E-state index contributed by atoms with van der Waals surface area (Å²) in [5, 5.41) is 2.99. The van der Waals surface area contributed by atoms with Crippen LogP contribution in [0.1, 0.15) is 29.6 Å². The van der Waals surface area contributed by atoms with E-state index in [0.29, 0.717) is 12.8 Å². The third-order valence-corrected chi connectivity index (χ3v) is 3.91. The third-order valence-electron chi connectivity index (χ3n) is 2.88. The number of aromatic nitrogens is 1. The van der Waals surface area contributed by atoms with Crippen molar-refractivity contribution in [2.24, 2.45) is 0 Å². The number of nitrogens with zero attached hydrogens (tertiary/aromatic N) is 1. The number of carbonyl (C=O) groups excluding carboxylic acids is 1. The van der Waals surface area contributed by atoms with Crippen LogP contribution in [0.3, 0.4) is 0 Å². The van der Waals surface area contributed by atoms with Gasteiger partial charge in [-0.3, -0.25) is 4.79 Å². The molecule has 0 fully saturated rings. The van der Waals surface area contributed by atoms with E-state index in [4.69, 9.17) is 0 Å². The van der Waals surface area contributed by atoms with E-state index in [0.717, 1.165) is 21.8 Å². The van der Waals surface area contributed by atoms with Gasteiger partial charge in [-0.15, -0.1) is 11.3 Å². The number of esters is 1. The summed E-state index contributed by atoms with van der Waals surface area (Å²) in [5.41, 5.74) is 3.23. The van der Waals surface area contributed by atoms with Gasteiger partial charge in [-0.1, -0.05) is 30.3 Å². The number of methoxy groups -OCH3 is 1. The molecule has 0 amide bonds. The second-order valence-corrected chi connectivity index (χ2v) is 5.32. The van der Waals surface area contributed by atoms with Crippen molar-refractivity contribution in [2.45, 2.75) is 19.8 Å². The number of hydrogen-bond donors (Lipinski definition) is 0. The molecule has 0 aliphatic heterocycles. The molecule has 0 spiro atoms. The minimum absolute atomic E-state index is 0.198. The average molecular weight is 287 g/mol. The lowest BCUT2D eigenvalue weighted by Gasteiger charge is -1.98. The van der Waals surface area contributed by atoms with Crippen molar-refractivity contribution in [2.75, 3.05) is 7.11 Å². The van der Waals surface area contributed by atoms with Crippen molar-refractivity contribution in [1.82, 2.24) is 4.98 Å². The lowest BCUT2D eigenvalue weighted by atomic mass is 10.1. The Balaban J connectivity index is 2.05. The van der Waals surface area contributed by atoms with Gasteiger partial charge in [0.15, 0.2) is 0 Å². The Labute approximate surface area is 122 Å². The van der Waals surface area contributed by atoms with E-state index in [1.165, 1.54) is 7.11 Å². The average Bonchev–Trinajstić information content (AvgIpc) is 2.95. The lowest BCUT2D eigenvalue weighted by molar-refractivity contribution is -0.140. The molecule has 3 nitrogen and oxygen atoms in total. The van der Waals surface area contributed by atoms with Crippen molar-refractivity contribution in [3.63, 3.8) is 0 Å². The summed E-state index contributed by atoms with van der Waals surface area (Å²) in [6.45, 7) is 2.05. The van der Waals surface area contributed by atoms with Gasteiger partial charge in [0.25, 0.3) is 0 Å². The number of benzene rings is 1. The monoisotopic (exact) mass is 287 g/mol. The van der Waals surface area contributed by atoms with Crippen molar-refractivity contribution in [1.29, 1.82) is 0 Å². The Morgan fingerprint density at radius 1 is 1.35 bits per heavy atom. The molecule has 0 unspecified atom stereocenters. The zero-order chi connectivity index (χ0) is 14.4. The molecule has 0 N–H and O–H groups in total. The molecule has 2 aromatic rings. The van der Waals surface area contributed by atoms with Gasteiger partial charge in [-0.05, 0) is 24.1 Å². The number of ether oxygens (including phenoxy) is 1. The number of hydrogen-bond acceptors (Lipinski definition) is 4. The van der Waals surface area contributed by atoms with Gasteiger partial charge in [-0.25, -0.2) is 4.98 Å². The van der Waals surface area contributed by atoms with Gasteiger partial charge in [0.1, 0.15) is 5.01 Å². The van der Waals surface area contributed by atoms with Crippen molar-refractivity contribution < 1.29 is 9.53 Å². The maximum Gasteiger partial charge on any atom is 0.305 e. The highest BCUT2D eigenvalue weighted by molar-refractivity contribution is 7.10. The molecule has 2 rings (SSSR count). The SMILES string of the molecule is COC(=O)CCc1csc(/C(C)=C/c2ccccc2)n1. The predicted octanol–water partition coefficient (Wildman–Crippen LogP) is 3.81. The Bertz CT molecular complexity index is 602. The van der Waals surface area contributed by atoms with Crippen molar-refractivity contribution in [3.05, 3.63) is 52.0 Å². The highest BCUT2D eigenvalue weighted by atomic mass is 32.1. The van der Waals surface area contributed by atoms with Gasteiger partial charge in [0, 0.05) is 11.8 Å². The van der Waals surface area contributed by atoms with Gasteiger partial charge < -0.3 is 4.74 Å². The van der Waals surface area contributed by atoms with Crippen LogP contribution in [0.4, 0.5) is 0 Å². The van der Waals surface area contributed by atoms with Gasteiger partial charge >= 0.3 is 5.97 Å². The summed E-state index contributed by atoms with van der Waals surface area (Å²) in [5.74, 6) is -0.198. The molecule has 0 bridgehead atoms. The van der Waals surface area contributed by atoms with Crippen LogP contribution in [0.15, 0.2) is 35.7 Å². The number of rotatable bonds is 5. The zero-order valence-electron chi connectivity index (χ0n) is 11.6. The highest BCUT2D eigenvalue weighted by Crippen LogP contribution is 2.22. The number of allylic oxidation sites excluding steroid dienone is 1. The fraction of sp³-hybridized carbons (Fsp3) is 0.250. The van der Waals surface area contributed by atoms with E-state index < -0.39 is 0 Å². The maximum absolute atomic E-state index is 11.1. The summed E-state index contributed by atoms with van der Waals surface area (Å²) in [4.78, 5) is 15.7. The number of carbonyl (C=O) groups is 1. The third kappa shape index (κ3) is 4.03. The van der Waals surface area contributed by atoms with Crippen LogP contribution in [-0.4, -0.2) is 18.1 Å². The van der Waals surface area contributed by atoms with Crippen LogP contribution in [0.5, 0.6) is 0 Å². The van der Waals surface area contributed by atoms with Crippen LogP contribution < -0.4 is 0 Å². The Hall–Kier alpha value is -1.94. The van der Waals surface area contributed by atoms with E-state index in [1.54, 1.807) is 11.3 Å². The lowest BCUT2D eigenvalue weighted by Crippen LogP contribution is -2.02. The molecule has 1 aromatic carbocycles. The normalized spacial score (nSPS) is 11.4. The summed E-state index contributed by atoms with van der Waals surface area (Å²) >= 11 is 1.60. The Kier molecular flexibility index (Phi) is 5.07. The van der Waals surface area contributed by atoms with Gasteiger partial charge in [0.05, 0.1) is 19.2 Å². The molecule has 104 valence electrons. The largest absolute Gasteiger partial charge is 0.469 e. The molecule has 4 heteroatoms. The quantitative estimate of drug-likeness (QED) is 0.785. The van der Waals surface area contributed by atoms with Crippen LogP contribution in [0.2, 0.25) is 0 Å².